The van der Waals surface area contributed by atoms with Crippen molar-refractivity contribution in [3.63, 3.8) is 0 Å². The van der Waals surface area contributed by atoms with Gasteiger partial charge in [-0.15, -0.1) is 0 Å². The van der Waals surface area contributed by atoms with Gasteiger partial charge in [-0.2, -0.15) is 0 Å². The third-order valence-corrected chi connectivity index (χ3v) is 4.92. The van der Waals surface area contributed by atoms with Crippen molar-refractivity contribution in [2.24, 2.45) is 17.3 Å². The molecular formula is C16H29NO2. The van der Waals surface area contributed by atoms with E-state index in [0.717, 1.165) is 39.1 Å². The molecule has 1 saturated heterocycles. The molecule has 3 unspecified atom stereocenters. The van der Waals surface area contributed by atoms with Crippen molar-refractivity contribution in [2.75, 3.05) is 33.4 Å². The molecule has 0 aromatic rings. The van der Waals surface area contributed by atoms with E-state index in [9.17, 15) is 4.79 Å². The van der Waals surface area contributed by atoms with Crippen LogP contribution in [0.25, 0.3) is 0 Å². The summed E-state index contributed by atoms with van der Waals surface area (Å²) in [4.78, 5) is 14.2. The molecule has 19 heavy (non-hydrogen) atoms. The zero-order valence-electron chi connectivity index (χ0n) is 12.6. The lowest BCUT2D eigenvalue weighted by Crippen LogP contribution is -2.46. The van der Waals surface area contributed by atoms with E-state index in [2.05, 4.69) is 11.8 Å². The number of hydrogen-bond acceptors (Lipinski definition) is 3. The van der Waals surface area contributed by atoms with Crippen molar-refractivity contribution in [2.45, 2.75) is 45.4 Å². The summed E-state index contributed by atoms with van der Waals surface area (Å²) >= 11 is 0. The summed E-state index contributed by atoms with van der Waals surface area (Å²) in [6, 6.07) is 0. The van der Waals surface area contributed by atoms with E-state index in [4.69, 9.17) is 4.74 Å². The molecule has 2 aliphatic rings. The lowest BCUT2D eigenvalue weighted by molar-refractivity contribution is -0.120. The smallest absolute Gasteiger partial charge is 0.127 e. The van der Waals surface area contributed by atoms with Crippen LogP contribution >= 0.6 is 0 Å². The number of rotatable bonds is 5. The predicted molar refractivity (Wildman–Crippen MR) is 77.2 cm³/mol. The number of hydrogen-bond donors (Lipinski definition) is 0. The molecule has 0 spiro atoms. The van der Waals surface area contributed by atoms with E-state index in [1.165, 1.54) is 32.0 Å². The van der Waals surface area contributed by atoms with Gasteiger partial charge in [-0.05, 0) is 44.1 Å². The maximum atomic E-state index is 11.7. The van der Waals surface area contributed by atoms with Crippen LogP contribution in [0.3, 0.4) is 0 Å². The maximum Gasteiger partial charge on any atom is 0.127 e. The van der Waals surface area contributed by atoms with Crippen LogP contribution in [0.2, 0.25) is 0 Å². The Morgan fingerprint density at radius 1 is 1.37 bits per heavy atom. The van der Waals surface area contributed by atoms with Gasteiger partial charge in [-0.1, -0.05) is 19.8 Å². The zero-order valence-corrected chi connectivity index (χ0v) is 12.6. The van der Waals surface area contributed by atoms with Gasteiger partial charge in [0.15, 0.2) is 0 Å². The van der Waals surface area contributed by atoms with Crippen LogP contribution in [0.5, 0.6) is 0 Å². The molecule has 3 atom stereocenters. The molecule has 1 aliphatic carbocycles. The topological polar surface area (TPSA) is 29.5 Å². The van der Waals surface area contributed by atoms with Crippen LogP contribution in [-0.4, -0.2) is 44.5 Å². The first-order valence-electron chi connectivity index (χ1n) is 7.85. The molecule has 0 amide bonds. The molecule has 3 heteroatoms. The van der Waals surface area contributed by atoms with Gasteiger partial charge >= 0.3 is 0 Å². The predicted octanol–water partition coefficient (Wildman–Crippen LogP) is 2.74. The Morgan fingerprint density at radius 2 is 2.21 bits per heavy atom. The minimum atomic E-state index is -0.0629. The Kier molecular flexibility index (Phi) is 5.40. The summed E-state index contributed by atoms with van der Waals surface area (Å²) < 4.78 is 5.29. The summed E-state index contributed by atoms with van der Waals surface area (Å²) in [7, 11) is 1.79. The fraction of sp³-hybridized carbons (Fsp3) is 0.938. The molecule has 110 valence electrons. The van der Waals surface area contributed by atoms with Crippen LogP contribution in [0.4, 0.5) is 0 Å². The highest BCUT2D eigenvalue weighted by Crippen LogP contribution is 2.39. The molecule has 0 aromatic carbocycles. The second-order valence-electron chi connectivity index (χ2n) is 6.88. The molecule has 0 N–H and O–H groups in total. The summed E-state index contributed by atoms with van der Waals surface area (Å²) in [6.45, 7) is 6.39. The van der Waals surface area contributed by atoms with Crippen LogP contribution < -0.4 is 0 Å². The third kappa shape index (κ3) is 4.03. The van der Waals surface area contributed by atoms with E-state index in [0.29, 0.717) is 11.8 Å². The van der Waals surface area contributed by atoms with Crippen molar-refractivity contribution in [1.29, 1.82) is 0 Å². The van der Waals surface area contributed by atoms with Crippen molar-refractivity contribution in [3.05, 3.63) is 0 Å². The van der Waals surface area contributed by atoms with Crippen LogP contribution in [0, 0.1) is 17.3 Å². The molecule has 1 aliphatic heterocycles. The normalized spacial score (nSPS) is 37.2. The van der Waals surface area contributed by atoms with E-state index < -0.39 is 0 Å². The minimum absolute atomic E-state index is 0.0629. The standard InChI is InChI=1S/C16H29NO2/c1-14-5-3-7-16(9-14,13-18)12-17-8-4-6-15(10-17)11-19-2/h13-15H,3-12H2,1-2H3. The van der Waals surface area contributed by atoms with E-state index in [1.807, 2.05) is 0 Å². The first kappa shape index (κ1) is 15.0. The van der Waals surface area contributed by atoms with Gasteiger partial charge in [0.2, 0.25) is 0 Å². The molecule has 2 fully saturated rings. The highest BCUT2D eigenvalue weighted by atomic mass is 16.5. The number of aldehydes is 1. The van der Waals surface area contributed by atoms with Crippen molar-refractivity contribution in [1.82, 2.24) is 4.90 Å². The van der Waals surface area contributed by atoms with Gasteiger partial charge < -0.3 is 14.4 Å². The van der Waals surface area contributed by atoms with Crippen molar-refractivity contribution < 1.29 is 9.53 Å². The molecule has 0 bridgehead atoms. The maximum absolute atomic E-state index is 11.7. The van der Waals surface area contributed by atoms with Crippen LogP contribution in [-0.2, 0) is 9.53 Å². The molecule has 2 rings (SSSR count). The van der Waals surface area contributed by atoms with Gasteiger partial charge in [-0.25, -0.2) is 0 Å². The average molecular weight is 267 g/mol. The highest BCUT2D eigenvalue weighted by Gasteiger charge is 2.37. The van der Waals surface area contributed by atoms with Crippen LogP contribution in [0.15, 0.2) is 0 Å². The summed E-state index contributed by atoms with van der Waals surface area (Å²) in [6.07, 6.45) is 8.47. The highest BCUT2D eigenvalue weighted by molar-refractivity contribution is 5.60. The zero-order chi connectivity index (χ0) is 13.7. The first-order valence-corrected chi connectivity index (χ1v) is 7.85. The number of carbonyl (C=O) groups is 1. The summed E-state index contributed by atoms with van der Waals surface area (Å²) in [5.41, 5.74) is -0.0629. The van der Waals surface area contributed by atoms with Crippen molar-refractivity contribution >= 4 is 6.29 Å². The Bertz CT molecular complexity index is 292. The number of carbonyl (C=O) groups excluding carboxylic acids is 1. The fourth-order valence-electron chi connectivity index (χ4n) is 4.10. The molecule has 1 heterocycles. The van der Waals surface area contributed by atoms with Gasteiger partial charge in [0.1, 0.15) is 6.29 Å². The largest absolute Gasteiger partial charge is 0.384 e. The first-order chi connectivity index (χ1) is 9.17. The number of nitrogens with zero attached hydrogens (tertiary/aromatic N) is 1. The lowest BCUT2D eigenvalue weighted by Gasteiger charge is -2.42. The van der Waals surface area contributed by atoms with Crippen molar-refractivity contribution in [3.8, 4) is 0 Å². The Hall–Kier alpha value is -0.410. The SMILES string of the molecule is COCC1CCCN(CC2(C=O)CCCC(C)C2)C1. The molecule has 0 aromatic heterocycles. The van der Waals surface area contributed by atoms with Gasteiger partial charge in [-0.3, -0.25) is 0 Å². The van der Waals surface area contributed by atoms with E-state index in [1.54, 1.807) is 7.11 Å². The third-order valence-electron chi connectivity index (χ3n) is 4.92. The monoisotopic (exact) mass is 267 g/mol. The fourth-order valence-corrected chi connectivity index (χ4v) is 4.10. The number of methoxy groups -OCH3 is 1. The molecule has 1 saturated carbocycles. The average Bonchev–Trinajstić information content (AvgIpc) is 2.39. The second-order valence-corrected chi connectivity index (χ2v) is 6.88. The summed E-state index contributed by atoms with van der Waals surface area (Å²) in [5, 5.41) is 0. The van der Waals surface area contributed by atoms with Gasteiger partial charge in [0.25, 0.3) is 0 Å². The van der Waals surface area contributed by atoms with Gasteiger partial charge in [0, 0.05) is 25.6 Å². The van der Waals surface area contributed by atoms with Gasteiger partial charge in [0.05, 0.1) is 6.61 Å². The van der Waals surface area contributed by atoms with E-state index in [-0.39, 0.29) is 5.41 Å². The lowest BCUT2D eigenvalue weighted by atomic mass is 9.70. The quantitative estimate of drug-likeness (QED) is 0.717. The van der Waals surface area contributed by atoms with E-state index >= 15 is 0 Å². The Balaban J connectivity index is 1.92. The van der Waals surface area contributed by atoms with Crippen LogP contribution in [0.1, 0.15) is 45.4 Å². The summed E-state index contributed by atoms with van der Waals surface area (Å²) in [5.74, 6) is 1.36. The molecule has 0 radical (unpaired) electrons. The number of piperidine rings is 1. The Labute approximate surface area is 117 Å². The molecular weight excluding hydrogens is 238 g/mol. The number of ether oxygens (including phenoxy) is 1. The minimum Gasteiger partial charge on any atom is -0.384 e. The Morgan fingerprint density at radius 3 is 2.89 bits per heavy atom. The second kappa shape index (κ2) is 6.85. The number of likely N-dealkylation sites (tertiary alicyclic amines) is 1. The molecule has 3 nitrogen and oxygen atoms in total.